The molecule has 0 aliphatic heterocycles. The molecule has 0 unspecified atom stereocenters. The number of nitrogens with one attached hydrogen (secondary N) is 1. The van der Waals surface area contributed by atoms with Crippen LogP contribution in [0.1, 0.15) is 30.0 Å². The maximum Gasteiger partial charge on any atom is 0.294 e. The Balaban J connectivity index is 2.01. The quantitative estimate of drug-likeness (QED) is 0.566. The molecular formula is C20H26N2O5. The van der Waals surface area contributed by atoms with E-state index >= 15 is 0 Å². The average Bonchev–Trinajstić information content (AvgIpc) is 3.20. The predicted octanol–water partition coefficient (Wildman–Crippen LogP) is 3.30. The second-order valence-electron chi connectivity index (χ2n) is 6.26. The lowest BCUT2D eigenvalue weighted by Gasteiger charge is -2.12. The van der Waals surface area contributed by atoms with Crippen LogP contribution in [0.25, 0.3) is 0 Å². The van der Waals surface area contributed by atoms with Gasteiger partial charge in [-0.25, -0.2) is 4.99 Å². The Morgan fingerprint density at radius 1 is 1.19 bits per heavy atom. The van der Waals surface area contributed by atoms with Gasteiger partial charge < -0.3 is 18.6 Å². The van der Waals surface area contributed by atoms with E-state index in [4.69, 9.17) is 18.6 Å². The molecule has 0 fully saturated rings. The number of furan rings is 1. The molecule has 0 atom stereocenters. The van der Waals surface area contributed by atoms with Gasteiger partial charge in [-0.1, -0.05) is 19.9 Å². The normalized spacial score (nSPS) is 11.4. The Bertz CT molecular complexity index is 754. The number of methoxy groups -OCH3 is 2. The van der Waals surface area contributed by atoms with Crippen molar-refractivity contribution in [1.82, 2.24) is 5.32 Å². The van der Waals surface area contributed by atoms with Crippen LogP contribution in [0.5, 0.6) is 11.5 Å². The molecule has 0 radical (unpaired) electrons. The van der Waals surface area contributed by atoms with Crippen LogP contribution in [0.2, 0.25) is 0 Å². The molecule has 1 aromatic carbocycles. The third-order valence-electron chi connectivity index (χ3n) is 3.62. The van der Waals surface area contributed by atoms with Crippen molar-refractivity contribution in [1.29, 1.82) is 0 Å². The smallest absolute Gasteiger partial charge is 0.294 e. The number of aliphatic imine (C=N–C) groups is 1. The number of nitrogens with zero attached hydrogens (tertiary/aromatic N) is 1. The number of rotatable bonds is 8. The molecule has 0 aliphatic carbocycles. The zero-order chi connectivity index (χ0) is 19.6. The van der Waals surface area contributed by atoms with Crippen molar-refractivity contribution < 1.29 is 23.4 Å². The maximum absolute atomic E-state index is 12.2. The Morgan fingerprint density at radius 3 is 2.59 bits per heavy atom. The van der Waals surface area contributed by atoms with Gasteiger partial charge in [-0.2, -0.15) is 0 Å². The highest BCUT2D eigenvalue weighted by Gasteiger charge is 2.13. The number of carbonyl (C=O) groups excluding carboxylic acids is 1. The van der Waals surface area contributed by atoms with Gasteiger partial charge in [0.05, 0.1) is 27.1 Å². The highest BCUT2D eigenvalue weighted by Crippen LogP contribution is 2.27. The first-order valence-corrected chi connectivity index (χ1v) is 8.76. The van der Waals surface area contributed by atoms with Crippen molar-refractivity contribution in [3.63, 3.8) is 0 Å². The van der Waals surface area contributed by atoms with Crippen LogP contribution in [0, 0.1) is 5.92 Å². The number of hydrogen-bond donors (Lipinski definition) is 1. The second kappa shape index (κ2) is 10.3. The first-order chi connectivity index (χ1) is 13.0. The largest absolute Gasteiger partial charge is 0.493 e. The Hall–Kier alpha value is -2.96. The molecule has 2 rings (SSSR count). The van der Waals surface area contributed by atoms with E-state index in [1.54, 1.807) is 26.4 Å². The van der Waals surface area contributed by atoms with Crippen LogP contribution in [0.3, 0.4) is 0 Å². The van der Waals surface area contributed by atoms with Gasteiger partial charge in [0.1, 0.15) is 0 Å². The lowest BCUT2D eigenvalue weighted by atomic mass is 10.1. The van der Waals surface area contributed by atoms with E-state index in [9.17, 15) is 4.79 Å². The predicted molar refractivity (Wildman–Crippen MR) is 103 cm³/mol. The van der Waals surface area contributed by atoms with Gasteiger partial charge in [0.2, 0.25) is 0 Å². The SMILES string of the molecule is COc1ccc(CCN=C(NC(=O)c2ccco2)OCC(C)C)cc1OC. The van der Waals surface area contributed by atoms with E-state index in [-0.39, 0.29) is 11.8 Å². The van der Waals surface area contributed by atoms with Crippen molar-refractivity contribution in [2.24, 2.45) is 10.9 Å². The summed E-state index contributed by atoms with van der Waals surface area (Å²) in [5.41, 5.74) is 1.04. The zero-order valence-corrected chi connectivity index (χ0v) is 16.2. The molecule has 146 valence electrons. The van der Waals surface area contributed by atoms with Gasteiger partial charge >= 0.3 is 0 Å². The molecule has 1 N–H and O–H groups in total. The average molecular weight is 374 g/mol. The third kappa shape index (κ3) is 6.36. The summed E-state index contributed by atoms with van der Waals surface area (Å²) in [6.07, 6.45) is 2.10. The Kier molecular flexibility index (Phi) is 7.73. The number of carbonyl (C=O) groups is 1. The Morgan fingerprint density at radius 2 is 1.96 bits per heavy atom. The fourth-order valence-corrected chi connectivity index (χ4v) is 2.26. The summed E-state index contributed by atoms with van der Waals surface area (Å²) in [5.74, 6) is 1.46. The van der Waals surface area contributed by atoms with E-state index in [0.29, 0.717) is 37.0 Å². The van der Waals surface area contributed by atoms with Gasteiger partial charge in [-0.05, 0) is 42.2 Å². The van der Waals surface area contributed by atoms with Crippen LogP contribution in [-0.2, 0) is 11.2 Å². The van der Waals surface area contributed by atoms with Crippen LogP contribution < -0.4 is 14.8 Å². The molecule has 1 amide bonds. The number of benzene rings is 1. The molecule has 2 aromatic rings. The van der Waals surface area contributed by atoms with E-state index in [0.717, 1.165) is 5.56 Å². The van der Waals surface area contributed by atoms with Crippen LogP contribution in [0.15, 0.2) is 46.0 Å². The molecule has 0 saturated carbocycles. The molecule has 7 nitrogen and oxygen atoms in total. The molecule has 0 bridgehead atoms. The minimum absolute atomic E-state index is 0.186. The summed E-state index contributed by atoms with van der Waals surface area (Å²) in [4.78, 5) is 16.5. The van der Waals surface area contributed by atoms with E-state index in [1.807, 2.05) is 32.0 Å². The maximum atomic E-state index is 12.2. The van der Waals surface area contributed by atoms with E-state index in [1.165, 1.54) is 6.26 Å². The first kappa shape index (κ1) is 20.4. The minimum atomic E-state index is -0.395. The van der Waals surface area contributed by atoms with Gasteiger partial charge in [-0.15, -0.1) is 0 Å². The molecule has 1 aromatic heterocycles. The van der Waals surface area contributed by atoms with Crippen LogP contribution in [0.4, 0.5) is 0 Å². The third-order valence-corrected chi connectivity index (χ3v) is 3.62. The lowest BCUT2D eigenvalue weighted by molar-refractivity contribution is 0.0936. The molecule has 1 heterocycles. The summed E-state index contributed by atoms with van der Waals surface area (Å²) in [5, 5.41) is 2.65. The Labute approximate surface area is 159 Å². The zero-order valence-electron chi connectivity index (χ0n) is 16.2. The first-order valence-electron chi connectivity index (χ1n) is 8.76. The highest BCUT2D eigenvalue weighted by molar-refractivity contribution is 6.02. The lowest BCUT2D eigenvalue weighted by Crippen LogP contribution is -2.33. The highest BCUT2D eigenvalue weighted by atomic mass is 16.5. The summed E-state index contributed by atoms with van der Waals surface area (Å²) in [6.45, 7) is 4.94. The monoisotopic (exact) mass is 374 g/mol. The van der Waals surface area contributed by atoms with Crippen molar-refractivity contribution in [3.05, 3.63) is 47.9 Å². The number of ether oxygens (including phenoxy) is 3. The van der Waals surface area contributed by atoms with Crippen molar-refractivity contribution >= 4 is 11.9 Å². The molecule has 27 heavy (non-hydrogen) atoms. The number of hydrogen-bond acceptors (Lipinski definition) is 6. The molecule has 0 spiro atoms. The van der Waals surface area contributed by atoms with Crippen LogP contribution >= 0.6 is 0 Å². The molecule has 0 saturated heterocycles. The van der Waals surface area contributed by atoms with Gasteiger partial charge in [0.15, 0.2) is 17.3 Å². The van der Waals surface area contributed by atoms with E-state index < -0.39 is 5.91 Å². The number of amides is 1. The standard InChI is InChI=1S/C20H26N2O5/c1-14(2)13-27-20(22-19(23)17-6-5-11-26-17)21-10-9-15-7-8-16(24-3)18(12-15)25-4/h5-8,11-12,14H,9-10,13H2,1-4H3,(H,21,22,23). The van der Waals surface area contributed by atoms with Gasteiger partial charge in [0.25, 0.3) is 11.9 Å². The number of amidine groups is 1. The van der Waals surface area contributed by atoms with Crippen molar-refractivity contribution in [2.75, 3.05) is 27.4 Å². The van der Waals surface area contributed by atoms with Crippen molar-refractivity contribution in [3.8, 4) is 11.5 Å². The van der Waals surface area contributed by atoms with Crippen LogP contribution in [-0.4, -0.2) is 39.3 Å². The second-order valence-corrected chi connectivity index (χ2v) is 6.26. The summed E-state index contributed by atoms with van der Waals surface area (Å²) >= 11 is 0. The fraction of sp³-hybridized carbons (Fsp3) is 0.400. The summed E-state index contributed by atoms with van der Waals surface area (Å²) in [6, 6.07) is 9.13. The molecule has 7 heteroatoms. The molecular weight excluding hydrogens is 348 g/mol. The summed E-state index contributed by atoms with van der Waals surface area (Å²) < 4.78 is 21.3. The summed E-state index contributed by atoms with van der Waals surface area (Å²) in [7, 11) is 3.20. The molecule has 0 aliphatic rings. The van der Waals surface area contributed by atoms with Gasteiger partial charge in [0, 0.05) is 6.54 Å². The van der Waals surface area contributed by atoms with Gasteiger partial charge in [-0.3, -0.25) is 10.1 Å². The fourth-order valence-electron chi connectivity index (χ4n) is 2.26. The van der Waals surface area contributed by atoms with Crippen molar-refractivity contribution in [2.45, 2.75) is 20.3 Å². The minimum Gasteiger partial charge on any atom is -0.493 e. The van der Waals surface area contributed by atoms with E-state index in [2.05, 4.69) is 10.3 Å². The topological polar surface area (TPSA) is 82.3 Å².